The van der Waals surface area contributed by atoms with Crippen LogP contribution in [-0.2, 0) is 16.0 Å². The summed E-state index contributed by atoms with van der Waals surface area (Å²) in [6.45, 7) is 1.38. The number of rotatable bonds is 6. The number of carbonyl (C=O) groups excluding carboxylic acids is 1. The first-order valence-corrected chi connectivity index (χ1v) is 8.56. The van der Waals surface area contributed by atoms with Gasteiger partial charge in [-0.3, -0.25) is 4.79 Å². The minimum Gasteiger partial charge on any atom is -0.380 e. The molecule has 0 spiro atoms. The molecule has 1 aliphatic rings. The Labute approximate surface area is 138 Å². The van der Waals surface area contributed by atoms with Crippen LogP contribution in [0.4, 0.5) is 15.8 Å². The zero-order valence-corrected chi connectivity index (χ0v) is 13.5. The molecule has 1 aromatic heterocycles. The van der Waals surface area contributed by atoms with Gasteiger partial charge < -0.3 is 15.4 Å². The first-order chi connectivity index (χ1) is 11.2. The Morgan fingerprint density at radius 2 is 2.30 bits per heavy atom. The summed E-state index contributed by atoms with van der Waals surface area (Å²) in [5.74, 6) is -0.524. The van der Waals surface area contributed by atoms with Crippen LogP contribution in [0.1, 0.15) is 17.7 Å². The zero-order valence-electron chi connectivity index (χ0n) is 12.7. The molecular formula is C17H19FN2O2S. The summed E-state index contributed by atoms with van der Waals surface area (Å²) >= 11 is 1.53. The number of benzene rings is 1. The monoisotopic (exact) mass is 334 g/mol. The third-order valence-electron chi connectivity index (χ3n) is 3.71. The van der Waals surface area contributed by atoms with Crippen molar-refractivity contribution < 1.29 is 13.9 Å². The van der Waals surface area contributed by atoms with Crippen LogP contribution in [0.15, 0.2) is 35.7 Å². The van der Waals surface area contributed by atoms with E-state index in [1.807, 2.05) is 17.5 Å². The highest BCUT2D eigenvalue weighted by atomic mass is 32.1. The molecule has 2 N–H and O–H groups in total. The second kappa shape index (κ2) is 7.57. The molecule has 23 heavy (non-hydrogen) atoms. The van der Waals surface area contributed by atoms with Crippen molar-refractivity contribution in [2.24, 2.45) is 0 Å². The predicted molar refractivity (Wildman–Crippen MR) is 90.5 cm³/mol. The van der Waals surface area contributed by atoms with Gasteiger partial charge in [0.15, 0.2) is 0 Å². The number of amides is 1. The van der Waals surface area contributed by atoms with E-state index in [0.717, 1.165) is 24.3 Å². The number of hydrogen-bond donors (Lipinski definition) is 2. The molecule has 6 heteroatoms. The van der Waals surface area contributed by atoms with Crippen LogP contribution in [0.5, 0.6) is 0 Å². The summed E-state index contributed by atoms with van der Waals surface area (Å²) in [5.41, 5.74) is 0.892. The van der Waals surface area contributed by atoms with Gasteiger partial charge in [0.1, 0.15) is 5.82 Å². The van der Waals surface area contributed by atoms with Gasteiger partial charge in [-0.2, -0.15) is 0 Å². The Morgan fingerprint density at radius 3 is 3.00 bits per heavy atom. The molecule has 1 amide bonds. The predicted octanol–water partition coefficient (Wildman–Crippen LogP) is 3.66. The van der Waals surface area contributed by atoms with Gasteiger partial charge in [0.05, 0.1) is 18.2 Å². The Hall–Kier alpha value is -1.92. The van der Waals surface area contributed by atoms with Crippen LogP contribution in [0.2, 0.25) is 0 Å². The van der Waals surface area contributed by atoms with E-state index in [0.29, 0.717) is 24.3 Å². The number of carbonyl (C=O) groups is 1. The number of nitrogens with one attached hydrogen (secondary N) is 2. The van der Waals surface area contributed by atoms with Crippen LogP contribution in [0.3, 0.4) is 0 Å². The second-order valence-corrected chi connectivity index (χ2v) is 6.55. The molecule has 2 aromatic rings. The largest absolute Gasteiger partial charge is 0.380 e. The molecule has 0 radical (unpaired) electrons. The Bertz CT molecular complexity index is 655. The molecule has 2 heterocycles. The second-order valence-electron chi connectivity index (χ2n) is 5.51. The highest BCUT2D eigenvalue weighted by Crippen LogP contribution is 2.21. The Balaban J connectivity index is 1.54. The molecule has 1 saturated heterocycles. The van der Waals surface area contributed by atoms with Gasteiger partial charge in [-0.25, -0.2) is 4.39 Å². The van der Waals surface area contributed by atoms with E-state index in [1.165, 1.54) is 17.4 Å². The van der Waals surface area contributed by atoms with Gasteiger partial charge in [0.2, 0.25) is 5.91 Å². The topological polar surface area (TPSA) is 50.4 Å². The summed E-state index contributed by atoms with van der Waals surface area (Å²) in [5, 5.41) is 7.71. The highest BCUT2D eigenvalue weighted by molar-refractivity contribution is 7.10. The average Bonchev–Trinajstić information content (AvgIpc) is 3.19. The van der Waals surface area contributed by atoms with E-state index in [2.05, 4.69) is 10.6 Å². The van der Waals surface area contributed by atoms with Crippen molar-refractivity contribution in [2.75, 3.05) is 23.8 Å². The van der Waals surface area contributed by atoms with Crippen molar-refractivity contribution in [3.63, 3.8) is 0 Å². The first-order valence-electron chi connectivity index (χ1n) is 7.68. The van der Waals surface area contributed by atoms with Crippen molar-refractivity contribution in [1.82, 2.24) is 0 Å². The lowest BCUT2D eigenvalue weighted by atomic mass is 10.2. The van der Waals surface area contributed by atoms with Crippen molar-refractivity contribution in [1.29, 1.82) is 0 Å². The molecule has 0 bridgehead atoms. The lowest BCUT2D eigenvalue weighted by molar-refractivity contribution is -0.115. The molecule has 3 rings (SSSR count). The van der Waals surface area contributed by atoms with Gasteiger partial charge in [0.25, 0.3) is 0 Å². The molecule has 1 atom stereocenters. The van der Waals surface area contributed by atoms with Gasteiger partial charge in [0, 0.05) is 23.7 Å². The molecule has 1 aliphatic heterocycles. The minimum absolute atomic E-state index is 0.146. The Kier molecular flexibility index (Phi) is 5.25. The molecule has 4 nitrogen and oxygen atoms in total. The van der Waals surface area contributed by atoms with E-state index in [9.17, 15) is 9.18 Å². The summed E-state index contributed by atoms with van der Waals surface area (Å²) in [6.07, 6.45) is 2.52. The average molecular weight is 334 g/mol. The minimum atomic E-state index is -0.378. The fourth-order valence-electron chi connectivity index (χ4n) is 2.54. The number of hydrogen-bond acceptors (Lipinski definition) is 4. The summed E-state index contributed by atoms with van der Waals surface area (Å²) in [6, 6.07) is 8.49. The number of halogens is 1. The molecular weight excluding hydrogens is 315 g/mol. The van der Waals surface area contributed by atoms with E-state index in [1.54, 1.807) is 12.1 Å². The van der Waals surface area contributed by atoms with E-state index in [4.69, 9.17) is 4.74 Å². The summed E-state index contributed by atoms with van der Waals surface area (Å²) in [7, 11) is 0. The van der Waals surface area contributed by atoms with Gasteiger partial charge in [-0.15, -0.1) is 11.3 Å². The number of thiophene rings is 1. The quantitative estimate of drug-likeness (QED) is 0.848. The number of ether oxygens (including phenoxy) is 1. The zero-order chi connectivity index (χ0) is 16.1. The Morgan fingerprint density at radius 1 is 1.39 bits per heavy atom. The molecule has 0 saturated carbocycles. The summed E-state index contributed by atoms with van der Waals surface area (Å²) < 4.78 is 19.6. The van der Waals surface area contributed by atoms with Crippen LogP contribution in [0.25, 0.3) is 0 Å². The lowest BCUT2D eigenvalue weighted by Gasteiger charge is -2.13. The molecule has 0 aliphatic carbocycles. The van der Waals surface area contributed by atoms with E-state index in [-0.39, 0.29) is 17.8 Å². The number of anilines is 2. The van der Waals surface area contributed by atoms with Crippen LogP contribution in [-0.4, -0.2) is 25.2 Å². The smallest absolute Gasteiger partial charge is 0.229 e. The van der Waals surface area contributed by atoms with Crippen molar-refractivity contribution in [3.8, 4) is 0 Å². The summed E-state index contributed by atoms with van der Waals surface area (Å²) in [4.78, 5) is 12.9. The normalized spacial score (nSPS) is 17.2. The molecule has 0 unspecified atom stereocenters. The van der Waals surface area contributed by atoms with E-state index >= 15 is 0 Å². The van der Waals surface area contributed by atoms with Gasteiger partial charge in [-0.1, -0.05) is 6.07 Å². The van der Waals surface area contributed by atoms with Gasteiger partial charge >= 0.3 is 0 Å². The van der Waals surface area contributed by atoms with Crippen molar-refractivity contribution >= 4 is 28.6 Å². The molecule has 1 fully saturated rings. The van der Waals surface area contributed by atoms with Crippen molar-refractivity contribution in [2.45, 2.75) is 25.4 Å². The highest BCUT2D eigenvalue weighted by Gasteiger charge is 2.15. The van der Waals surface area contributed by atoms with Crippen LogP contribution >= 0.6 is 11.3 Å². The molecule has 122 valence electrons. The fourth-order valence-corrected chi connectivity index (χ4v) is 3.25. The van der Waals surface area contributed by atoms with E-state index < -0.39 is 0 Å². The van der Waals surface area contributed by atoms with Crippen LogP contribution < -0.4 is 10.6 Å². The maximum Gasteiger partial charge on any atom is 0.229 e. The van der Waals surface area contributed by atoms with Crippen LogP contribution in [0, 0.1) is 5.82 Å². The first kappa shape index (κ1) is 16.0. The van der Waals surface area contributed by atoms with Crippen molar-refractivity contribution in [3.05, 3.63) is 46.4 Å². The lowest BCUT2D eigenvalue weighted by Crippen LogP contribution is -2.19. The van der Waals surface area contributed by atoms with Gasteiger partial charge in [-0.05, 0) is 42.5 Å². The standard InChI is InChI=1S/C17H19FN2O2S/c18-15-9-12(20-17(21)10-14-4-2-8-23-14)5-6-16(15)19-11-13-3-1-7-22-13/h2,4-6,8-9,13,19H,1,3,7,10-11H2,(H,20,21)/t13-/m0/s1. The molecule has 1 aromatic carbocycles. The SMILES string of the molecule is O=C(Cc1cccs1)Nc1ccc(NC[C@@H]2CCCO2)c(F)c1. The maximum atomic E-state index is 14.1. The third kappa shape index (κ3) is 4.53. The maximum absolute atomic E-state index is 14.1. The third-order valence-corrected chi connectivity index (χ3v) is 4.59. The fraction of sp³-hybridized carbons (Fsp3) is 0.353.